The van der Waals surface area contributed by atoms with Gasteiger partial charge in [-0.05, 0) is 6.42 Å². The van der Waals surface area contributed by atoms with Crippen molar-refractivity contribution in [2.75, 3.05) is 31.7 Å². The first kappa shape index (κ1) is 14.0. The van der Waals surface area contributed by atoms with Crippen LogP contribution in [0.1, 0.15) is 33.5 Å². The molecule has 1 N–H and O–H groups in total. The molecule has 0 saturated carbocycles. The van der Waals surface area contributed by atoms with Gasteiger partial charge in [0.05, 0.1) is 6.61 Å². The minimum absolute atomic E-state index is 0.136. The smallest absolute Gasteiger partial charge is 0.356 e. The summed E-state index contributed by atoms with van der Waals surface area (Å²) in [5.41, 5.74) is -0.136. The molecule has 1 saturated heterocycles. The lowest BCUT2D eigenvalue weighted by Crippen LogP contribution is -2.20. The molecule has 1 aromatic rings. The fourth-order valence-corrected chi connectivity index (χ4v) is 3.19. The van der Waals surface area contributed by atoms with Crippen LogP contribution in [0.2, 0.25) is 0 Å². The maximum Gasteiger partial charge on any atom is 0.356 e. The lowest BCUT2D eigenvalue weighted by Gasteiger charge is -2.14. The molecule has 19 heavy (non-hydrogen) atoms. The number of thiazole rings is 1. The van der Waals surface area contributed by atoms with Crippen molar-refractivity contribution < 1.29 is 19.4 Å². The summed E-state index contributed by atoms with van der Waals surface area (Å²) < 4.78 is 5.12. The normalized spacial score (nSPS) is 18.8. The lowest BCUT2D eigenvalue weighted by molar-refractivity contribution is 0.0687. The molecule has 7 heteroatoms. The van der Waals surface area contributed by atoms with Crippen LogP contribution in [0.25, 0.3) is 0 Å². The maximum absolute atomic E-state index is 11.4. The zero-order chi connectivity index (χ0) is 14.0. The predicted molar refractivity (Wildman–Crippen MR) is 71.3 cm³/mol. The van der Waals surface area contributed by atoms with Gasteiger partial charge in [-0.3, -0.25) is 4.79 Å². The van der Waals surface area contributed by atoms with E-state index in [1.807, 2.05) is 4.90 Å². The third kappa shape index (κ3) is 2.93. The Hall–Kier alpha value is -1.47. The van der Waals surface area contributed by atoms with E-state index in [0.29, 0.717) is 17.7 Å². The number of methoxy groups -OCH3 is 1. The number of carboxylic acids is 1. The number of ether oxygens (including phenoxy) is 1. The second-order valence-electron chi connectivity index (χ2n) is 4.59. The molecule has 0 bridgehead atoms. The SMILES string of the molecule is COCC1CCN(c2nc(C(=O)O)c(C(C)=O)s2)C1. The van der Waals surface area contributed by atoms with Crippen LogP contribution in [0, 0.1) is 5.92 Å². The van der Waals surface area contributed by atoms with Crippen LogP contribution < -0.4 is 4.90 Å². The molecular weight excluding hydrogens is 268 g/mol. The molecule has 0 amide bonds. The molecule has 6 nitrogen and oxygen atoms in total. The Morgan fingerprint density at radius 2 is 2.32 bits per heavy atom. The summed E-state index contributed by atoms with van der Waals surface area (Å²) in [6.45, 7) is 3.66. The standard InChI is InChI=1S/C12H16N2O4S/c1-7(15)10-9(11(16)17)13-12(19-10)14-4-3-8(5-14)6-18-2/h8H,3-6H2,1-2H3,(H,16,17). The Balaban J connectivity index is 2.20. The molecule has 1 fully saturated rings. The molecule has 1 unspecified atom stereocenters. The molecule has 0 aromatic carbocycles. The van der Waals surface area contributed by atoms with Gasteiger partial charge in [-0.25, -0.2) is 9.78 Å². The minimum Gasteiger partial charge on any atom is -0.476 e. The molecular formula is C12H16N2O4S. The molecule has 0 radical (unpaired) electrons. The number of anilines is 1. The molecule has 0 spiro atoms. The number of hydrogen-bond acceptors (Lipinski definition) is 6. The van der Waals surface area contributed by atoms with Gasteiger partial charge in [0.25, 0.3) is 0 Å². The van der Waals surface area contributed by atoms with Crippen molar-refractivity contribution in [3.05, 3.63) is 10.6 Å². The summed E-state index contributed by atoms with van der Waals surface area (Å²) in [5, 5.41) is 9.67. The van der Waals surface area contributed by atoms with Gasteiger partial charge in [0, 0.05) is 33.0 Å². The van der Waals surface area contributed by atoms with Gasteiger partial charge in [0.15, 0.2) is 16.6 Å². The number of hydrogen-bond donors (Lipinski definition) is 1. The van der Waals surface area contributed by atoms with E-state index in [2.05, 4.69) is 4.98 Å². The number of nitrogens with zero attached hydrogens (tertiary/aromatic N) is 2. The zero-order valence-electron chi connectivity index (χ0n) is 10.9. The molecule has 1 aliphatic heterocycles. The average Bonchev–Trinajstić information content (AvgIpc) is 2.94. The molecule has 1 aromatic heterocycles. The van der Waals surface area contributed by atoms with E-state index in [0.717, 1.165) is 30.8 Å². The van der Waals surface area contributed by atoms with E-state index in [9.17, 15) is 9.59 Å². The minimum atomic E-state index is -1.15. The highest BCUT2D eigenvalue weighted by Gasteiger charge is 2.28. The van der Waals surface area contributed by atoms with Crippen molar-refractivity contribution in [2.24, 2.45) is 5.92 Å². The molecule has 2 rings (SSSR count). The Kier molecular flexibility index (Phi) is 4.16. The quantitative estimate of drug-likeness (QED) is 0.826. The summed E-state index contributed by atoms with van der Waals surface area (Å²) in [6, 6.07) is 0. The summed E-state index contributed by atoms with van der Waals surface area (Å²) >= 11 is 1.16. The van der Waals surface area contributed by atoms with Crippen molar-refractivity contribution >= 4 is 28.2 Å². The van der Waals surface area contributed by atoms with Gasteiger partial charge >= 0.3 is 5.97 Å². The van der Waals surface area contributed by atoms with Crippen LogP contribution in [-0.2, 0) is 4.74 Å². The van der Waals surface area contributed by atoms with E-state index in [-0.39, 0.29) is 16.4 Å². The Labute approximate surface area is 115 Å². The van der Waals surface area contributed by atoms with E-state index in [4.69, 9.17) is 9.84 Å². The van der Waals surface area contributed by atoms with Crippen LogP contribution in [0.3, 0.4) is 0 Å². The summed E-state index contributed by atoms with van der Waals surface area (Å²) in [4.78, 5) is 28.8. The molecule has 2 heterocycles. The second kappa shape index (κ2) is 5.66. The predicted octanol–water partition coefficient (Wildman–Crippen LogP) is 1.52. The van der Waals surface area contributed by atoms with Gasteiger partial charge in [0.2, 0.25) is 0 Å². The van der Waals surface area contributed by atoms with Crippen LogP contribution in [0.5, 0.6) is 0 Å². The molecule has 1 aliphatic rings. The number of carbonyl (C=O) groups excluding carboxylic acids is 1. The Bertz CT molecular complexity index is 468. The van der Waals surface area contributed by atoms with Crippen molar-refractivity contribution in [3.63, 3.8) is 0 Å². The number of rotatable bonds is 5. The third-order valence-corrected chi connectivity index (χ3v) is 4.31. The lowest BCUT2D eigenvalue weighted by atomic mass is 10.1. The van der Waals surface area contributed by atoms with Gasteiger partial charge in [-0.15, -0.1) is 0 Å². The monoisotopic (exact) mass is 284 g/mol. The van der Waals surface area contributed by atoms with E-state index in [1.54, 1.807) is 7.11 Å². The highest BCUT2D eigenvalue weighted by molar-refractivity contribution is 7.17. The van der Waals surface area contributed by atoms with Crippen molar-refractivity contribution in [1.29, 1.82) is 0 Å². The number of aromatic carboxylic acids is 1. The number of aromatic nitrogens is 1. The van der Waals surface area contributed by atoms with Crippen LogP contribution in [-0.4, -0.2) is 48.6 Å². The Morgan fingerprint density at radius 3 is 2.84 bits per heavy atom. The largest absolute Gasteiger partial charge is 0.476 e. The molecule has 104 valence electrons. The first-order chi connectivity index (χ1) is 9.02. The Morgan fingerprint density at radius 1 is 1.58 bits per heavy atom. The topological polar surface area (TPSA) is 79.7 Å². The summed E-state index contributed by atoms with van der Waals surface area (Å²) in [5.74, 6) is -0.975. The van der Waals surface area contributed by atoms with Crippen LogP contribution >= 0.6 is 11.3 Å². The van der Waals surface area contributed by atoms with Gasteiger partial charge < -0.3 is 14.7 Å². The zero-order valence-corrected chi connectivity index (χ0v) is 11.7. The van der Waals surface area contributed by atoms with Crippen LogP contribution in [0.4, 0.5) is 5.13 Å². The third-order valence-electron chi connectivity index (χ3n) is 3.10. The molecule has 1 atom stereocenters. The summed E-state index contributed by atoms with van der Waals surface area (Å²) in [6.07, 6.45) is 0.991. The first-order valence-corrected chi connectivity index (χ1v) is 6.83. The van der Waals surface area contributed by atoms with Crippen LogP contribution in [0.15, 0.2) is 0 Å². The van der Waals surface area contributed by atoms with E-state index < -0.39 is 5.97 Å². The van der Waals surface area contributed by atoms with Gasteiger partial charge in [-0.2, -0.15) is 0 Å². The maximum atomic E-state index is 11.4. The fourth-order valence-electron chi connectivity index (χ4n) is 2.21. The van der Waals surface area contributed by atoms with E-state index >= 15 is 0 Å². The number of Topliss-reactive ketones (excluding diaryl/α,β-unsaturated/α-hetero) is 1. The van der Waals surface area contributed by atoms with Crippen molar-refractivity contribution in [2.45, 2.75) is 13.3 Å². The van der Waals surface area contributed by atoms with Crippen molar-refractivity contribution in [1.82, 2.24) is 4.98 Å². The molecule has 0 aliphatic carbocycles. The first-order valence-electron chi connectivity index (χ1n) is 6.02. The average molecular weight is 284 g/mol. The number of ketones is 1. The highest BCUT2D eigenvalue weighted by atomic mass is 32.1. The van der Waals surface area contributed by atoms with E-state index in [1.165, 1.54) is 6.92 Å². The second-order valence-corrected chi connectivity index (χ2v) is 5.57. The summed E-state index contributed by atoms with van der Waals surface area (Å²) in [7, 11) is 1.67. The number of carbonyl (C=O) groups is 2. The van der Waals surface area contributed by atoms with Gasteiger partial charge in [0.1, 0.15) is 4.88 Å². The van der Waals surface area contributed by atoms with Crippen molar-refractivity contribution in [3.8, 4) is 0 Å². The fraction of sp³-hybridized carbons (Fsp3) is 0.583. The number of carboxylic acid groups (broad SMARTS) is 1. The van der Waals surface area contributed by atoms with Gasteiger partial charge in [-0.1, -0.05) is 11.3 Å². The highest BCUT2D eigenvalue weighted by Crippen LogP contribution is 2.31.